The zero-order valence-corrected chi connectivity index (χ0v) is 7.22. The van der Waals surface area contributed by atoms with E-state index in [4.69, 9.17) is 0 Å². The van der Waals surface area contributed by atoms with E-state index in [1.54, 1.807) is 0 Å². The Morgan fingerprint density at radius 2 is 1.93 bits per heavy atom. The third-order valence-electron chi connectivity index (χ3n) is 1.97. The molecule has 0 saturated carbocycles. The Bertz CT molecular complexity index is 399. The van der Waals surface area contributed by atoms with E-state index < -0.39 is 15.6 Å². The number of quaternary nitrogens is 3. The van der Waals surface area contributed by atoms with E-state index in [-0.39, 0.29) is 17.1 Å². The number of rotatable bonds is 2. The molecule has 0 aliphatic carbocycles. The Morgan fingerprint density at radius 3 is 2.60 bits per heavy atom. The van der Waals surface area contributed by atoms with E-state index in [1.165, 1.54) is 12.1 Å². The molecule has 9 heteroatoms. The summed E-state index contributed by atoms with van der Waals surface area (Å²) in [7, 11) is 0. The first-order valence-electron chi connectivity index (χ1n) is 3.91. The molecule has 1 aliphatic rings. The quantitative estimate of drug-likeness (QED) is 0.280. The third-order valence-corrected chi connectivity index (χ3v) is 1.97. The molecule has 9 nitrogen and oxygen atoms in total. The van der Waals surface area contributed by atoms with Gasteiger partial charge in [-0.25, -0.2) is 0 Å². The number of hydrogen-bond donors (Lipinski definition) is 3. The topological polar surface area (TPSA) is 121 Å². The van der Waals surface area contributed by atoms with Gasteiger partial charge in [-0.2, -0.15) is 5.17 Å². The molecule has 2 rings (SSSR count). The van der Waals surface area contributed by atoms with Crippen LogP contribution in [0.5, 0.6) is 0 Å². The van der Waals surface area contributed by atoms with Crippen molar-refractivity contribution in [3.8, 4) is 0 Å². The number of nitrogens with one attached hydrogen (secondary N) is 3. The third kappa shape index (κ3) is 1.60. The van der Waals surface area contributed by atoms with Crippen LogP contribution in [0.4, 0.5) is 17.1 Å². The minimum Gasteiger partial charge on any atom is -0.598 e. The lowest BCUT2D eigenvalue weighted by Crippen LogP contribution is -3.15. The SMILES string of the molecule is O=N[NH+]([O-])c1ccc2c(c1)[NH+]([O-])O[NH+]2[O-]. The summed E-state index contributed by atoms with van der Waals surface area (Å²) >= 11 is 0. The smallest absolute Gasteiger partial charge is 0.239 e. The standard InChI is InChI=1S/C6H6N4O5/c11-7-8(12)4-1-2-5-6(3-4)10(14)15-9(5)13/h1-3,8-10H. The maximum Gasteiger partial charge on any atom is 0.239 e. The van der Waals surface area contributed by atoms with Crippen molar-refractivity contribution in [2.24, 2.45) is 5.29 Å². The second-order valence-corrected chi connectivity index (χ2v) is 2.83. The highest BCUT2D eigenvalue weighted by atomic mass is 17.1. The van der Waals surface area contributed by atoms with Crippen molar-refractivity contribution in [3.05, 3.63) is 38.7 Å². The zero-order chi connectivity index (χ0) is 11.0. The van der Waals surface area contributed by atoms with Gasteiger partial charge >= 0.3 is 0 Å². The van der Waals surface area contributed by atoms with E-state index in [9.17, 15) is 20.5 Å². The second-order valence-electron chi connectivity index (χ2n) is 2.83. The predicted molar refractivity (Wildman–Crippen MR) is 45.3 cm³/mol. The molecule has 1 aliphatic heterocycles. The molecule has 80 valence electrons. The van der Waals surface area contributed by atoms with Crippen LogP contribution in [0, 0.1) is 20.5 Å². The molecule has 0 bridgehead atoms. The van der Waals surface area contributed by atoms with Crippen LogP contribution in [0.25, 0.3) is 0 Å². The van der Waals surface area contributed by atoms with Crippen molar-refractivity contribution in [2.45, 2.75) is 0 Å². The van der Waals surface area contributed by atoms with Crippen LogP contribution in [-0.2, 0) is 4.94 Å². The van der Waals surface area contributed by atoms with Gasteiger partial charge in [-0.1, -0.05) is 4.91 Å². The van der Waals surface area contributed by atoms with Crippen molar-refractivity contribution in [3.63, 3.8) is 0 Å². The zero-order valence-electron chi connectivity index (χ0n) is 7.22. The molecular weight excluding hydrogens is 208 g/mol. The first-order chi connectivity index (χ1) is 7.13. The molecule has 1 aromatic rings. The molecule has 1 aromatic carbocycles. The average Bonchev–Trinajstić information content (AvgIpc) is 2.53. The van der Waals surface area contributed by atoms with Crippen LogP contribution >= 0.6 is 0 Å². The van der Waals surface area contributed by atoms with Crippen LogP contribution in [-0.4, -0.2) is 0 Å². The fourth-order valence-corrected chi connectivity index (χ4v) is 1.27. The maximum atomic E-state index is 11.1. The van der Waals surface area contributed by atoms with Crippen LogP contribution in [0.2, 0.25) is 0 Å². The highest BCUT2D eigenvalue weighted by molar-refractivity contribution is 5.57. The molecule has 3 N–H and O–H groups in total. The molecule has 15 heavy (non-hydrogen) atoms. The van der Waals surface area contributed by atoms with Crippen molar-refractivity contribution < 1.29 is 20.6 Å². The Kier molecular flexibility index (Phi) is 2.42. The predicted octanol–water partition coefficient (Wildman–Crippen LogP) is -2.73. The van der Waals surface area contributed by atoms with Gasteiger partial charge in [0.1, 0.15) is 0 Å². The molecule has 0 aromatic heterocycles. The summed E-state index contributed by atoms with van der Waals surface area (Å²) < 4.78 is 0. The van der Waals surface area contributed by atoms with Gasteiger partial charge < -0.3 is 15.6 Å². The highest BCUT2D eigenvalue weighted by Gasteiger charge is 2.30. The maximum absolute atomic E-state index is 11.1. The molecule has 3 atom stereocenters. The van der Waals surface area contributed by atoms with Crippen molar-refractivity contribution in [2.75, 3.05) is 0 Å². The summed E-state index contributed by atoms with van der Waals surface area (Å²) in [5, 5.41) is 32.6. The lowest BCUT2D eigenvalue weighted by atomic mass is 10.2. The molecule has 3 unspecified atom stereocenters. The summed E-state index contributed by atoms with van der Waals surface area (Å²) in [6.45, 7) is 0. The Morgan fingerprint density at radius 1 is 1.27 bits per heavy atom. The lowest BCUT2D eigenvalue weighted by molar-refractivity contribution is -1.24. The molecule has 0 saturated heterocycles. The second kappa shape index (κ2) is 3.60. The van der Waals surface area contributed by atoms with Gasteiger partial charge in [-0.3, -0.25) is 0 Å². The van der Waals surface area contributed by atoms with Crippen LogP contribution in [0.3, 0.4) is 0 Å². The van der Waals surface area contributed by atoms with Crippen LogP contribution in [0.1, 0.15) is 0 Å². The fraction of sp³-hybridized carbons (Fsp3) is 0. The van der Waals surface area contributed by atoms with Gasteiger partial charge in [0.2, 0.25) is 11.4 Å². The van der Waals surface area contributed by atoms with E-state index in [0.717, 1.165) is 6.07 Å². The molecule has 0 fully saturated rings. The van der Waals surface area contributed by atoms with Gasteiger partial charge in [0.05, 0.1) is 6.07 Å². The number of nitroso groups, excluding NO2 is 1. The highest BCUT2D eigenvalue weighted by Crippen LogP contribution is 2.19. The first-order valence-corrected chi connectivity index (χ1v) is 3.91. The monoisotopic (exact) mass is 214 g/mol. The normalized spacial score (nSPS) is 26.1. The van der Waals surface area contributed by atoms with Gasteiger partial charge in [-0.15, -0.1) is 10.5 Å². The average molecular weight is 214 g/mol. The van der Waals surface area contributed by atoms with Crippen molar-refractivity contribution >= 4 is 17.1 Å². The summed E-state index contributed by atoms with van der Waals surface area (Å²) in [5.41, 5.74) is 0.0207. The van der Waals surface area contributed by atoms with E-state index in [0.29, 0.717) is 0 Å². The summed E-state index contributed by atoms with van der Waals surface area (Å²) in [5.74, 6) is 0. The minimum absolute atomic E-state index is 0.0190. The van der Waals surface area contributed by atoms with Crippen LogP contribution in [0.15, 0.2) is 23.5 Å². The summed E-state index contributed by atoms with van der Waals surface area (Å²) in [4.78, 5) is 14.3. The fourth-order valence-electron chi connectivity index (χ4n) is 1.27. The number of nitrogens with zero attached hydrogens (tertiary/aromatic N) is 1. The van der Waals surface area contributed by atoms with Gasteiger partial charge in [0, 0.05) is 17.1 Å². The summed E-state index contributed by atoms with van der Waals surface area (Å²) in [6.07, 6.45) is 0. The molecule has 1 heterocycles. The lowest BCUT2D eigenvalue weighted by Gasteiger charge is -2.11. The largest absolute Gasteiger partial charge is 0.598 e. The van der Waals surface area contributed by atoms with Crippen molar-refractivity contribution in [1.29, 1.82) is 0 Å². The molecular formula is C6H6N4O5. The Hall–Kier alpha value is -1.46. The number of hydrogen-bond acceptors (Lipinski definition) is 6. The van der Waals surface area contributed by atoms with E-state index in [1.807, 2.05) is 0 Å². The summed E-state index contributed by atoms with van der Waals surface area (Å²) in [6, 6.07) is 3.61. The van der Waals surface area contributed by atoms with Crippen molar-refractivity contribution in [1.82, 2.24) is 0 Å². The van der Waals surface area contributed by atoms with Gasteiger partial charge in [-0.05, 0) is 0 Å². The molecule has 0 amide bonds. The van der Waals surface area contributed by atoms with E-state index >= 15 is 0 Å². The van der Waals surface area contributed by atoms with Gasteiger partial charge in [0.25, 0.3) is 0 Å². The Labute approximate surface area is 82.6 Å². The van der Waals surface area contributed by atoms with E-state index in [2.05, 4.69) is 10.2 Å². The Balaban J connectivity index is 2.42. The molecule has 0 radical (unpaired) electrons. The first kappa shape index (κ1) is 10.1. The number of fused-ring (bicyclic) bond motifs is 1. The minimum atomic E-state index is -0.995. The number of benzene rings is 1. The van der Waals surface area contributed by atoms with Gasteiger partial charge in [0.15, 0.2) is 11.0 Å². The molecule has 0 spiro atoms. The van der Waals surface area contributed by atoms with Crippen LogP contribution < -0.4 is 15.6 Å².